The van der Waals surface area contributed by atoms with Crippen LogP contribution in [0.2, 0.25) is 0 Å². The number of benzene rings is 2. The second-order valence-electron chi connectivity index (χ2n) is 5.24. The van der Waals surface area contributed by atoms with E-state index in [4.69, 9.17) is 9.47 Å². The minimum atomic E-state index is -0.329. The lowest BCUT2D eigenvalue weighted by molar-refractivity contribution is 0.180. The van der Waals surface area contributed by atoms with Gasteiger partial charge in [-0.05, 0) is 36.6 Å². The summed E-state index contributed by atoms with van der Waals surface area (Å²) in [5.74, 6) is 1.80. The number of rotatable bonds is 6. The van der Waals surface area contributed by atoms with Gasteiger partial charge in [-0.1, -0.05) is 30.3 Å². The Morgan fingerprint density at radius 1 is 0.952 bits per heavy atom. The smallest absolute Gasteiger partial charge is 0.122 e. The first-order chi connectivity index (χ1) is 10.3. The van der Waals surface area contributed by atoms with Gasteiger partial charge in [-0.2, -0.15) is 0 Å². The summed E-state index contributed by atoms with van der Waals surface area (Å²) in [5.41, 5.74) is 2.18. The Morgan fingerprint density at radius 3 is 2.62 bits per heavy atom. The van der Waals surface area contributed by atoms with E-state index in [1.807, 2.05) is 48.5 Å². The molecule has 3 heteroatoms. The highest BCUT2D eigenvalue weighted by Gasteiger charge is 2.22. The maximum Gasteiger partial charge on any atom is 0.122 e. The van der Waals surface area contributed by atoms with Gasteiger partial charge in [0.15, 0.2) is 0 Å². The maximum atomic E-state index is 9.87. The van der Waals surface area contributed by atoms with Crippen LogP contribution in [0.4, 0.5) is 0 Å². The lowest BCUT2D eigenvalue weighted by Gasteiger charge is -2.11. The number of ether oxygens (including phenoxy) is 2. The van der Waals surface area contributed by atoms with Crippen molar-refractivity contribution in [2.75, 3.05) is 13.2 Å². The summed E-state index contributed by atoms with van der Waals surface area (Å²) in [6, 6.07) is 15.7. The quantitative estimate of drug-likeness (QED) is 0.825. The summed E-state index contributed by atoms with van der Waals surface area (Å²) < 4.78 is 11.5. The molecule has 1 atom stereocenters. The second-order valence-corrected chi connectivity index (χ2v) is 5.24. The van der Waals surface area contributed by atoms with E-state index in [-0.39, 0.29) is 6.10 Å². The average Bonchev–Trinajstić information content (AvgIpc) is 2.90. The Balaban J connectivity index is 1.46. The van der Waals surface area contributed by atoms with E-state index in [2.05, 4.69) is 0 Å². The van der Waals surface area contributed by atoms with Gasteiger partial charge in [0.2, 0.25) is 0 Å². The van der Waals surface area contributed by atoms with E-state index in [0.29, 0.717) is 13.2 Å². The van der Waals surface area contributed by atoms with Crippen LogP contribution >= 0.6 is 0 Å². The summed E-state index contributed by atoms with van der Waals surface area (Å²) in [7, 11) is 0. The summed E-state index contributed by atoms with van der Waals surface area (Å²) in [6.07, 6.45) is 2.20. The van der Waals surface area contributed by atoms with Gasteiger partial charge >= 0.3 is 0 Å². The van der Waals surface area contributed by atoms with E-state index in [1.165, 1.54) is 0 Å². The first kappa shape index (κ1) is 14.0. The zero-order valence-corrected chi connectivity index (χ0v) is 12.0. The van der Waals surface area contributed by atoms with Crippen molar-refractivity contribution < 1.29 is 14.6 Å². The monoisotopic (exact) mass is 284 g/mol. The molecular formula is C18H20O3. The Kier molecular flexibility index (Phi) is 4.41. The highest BCUT2D eigenvalue weighted by atomic mass is 16.5. The number of aliphatic hydroxyl groups excluding tert-OH is 1. The van der Waals surface area contributed by atoms with Gasteiger partial charge in [-0.3, -0.25) is 0 Å². The van der Waals surface area contributed by atoms with Crippen molar-refractivity contribution in [1.82, 2.24) is 0 Å². The highest BCUT2D eigenvalue weighted by molar-refractivity contribution is 5.44. The molecule has 0 heterocycles. The molecule has 3 rings (SSSR count). The Bertz CT molecular complexity index is 580. The number of hydrogen-bond acceptors (Lipinski definition) is 3. The fourth-order valence-corrected chi connectivity index (χ4v) is 2.68. The SMILES string of the molecule is OC1CCc2c(OCCCOc3ccccc3)cccc21. The van der Waals surface area contributed by atoms with E-state index in [0.717, 1.165) is 41.9 Å². The molecule has 0 fully saturated rings. The lowest BCUT2D eigenvalue weighted by Crippen LogP contribution is -2.06. The predicted molar refractivity (Wildman–Crippen MR) is 81.8 cm³/mol. The first-order valence-corrected chi connectivity index (χ1v) is 7.45. The number of para-hydroxylation sites is 1. The first-order valence-electron chi connectivity index (χ1n) is 7.45. The molecule has 0 aliphatic heterocycles. The van der Waals surface area contributed by atoms with Crippen molar-refractivity contribution >= 4 is 0 Å². The Labute approximate surface area is 125 Å². The maximum absolute atomic E-state index is 9.87. The summed E-state index contributed by atoms with van der Waals surface area (Å²) in [6.45, 7) is 1.26. The third-order valence-electron chi connectivity index (χ3n) is 3.75. The van der Waals surface area contributed by atoms with Crippen LogP contribution in [-0.4, -0.2) is 18.3 Å². The van der Waals surface area contributed by atoms with Gasteiger partial charge in [0.25, 0.3) is 0 Å². The van der Waals surface area contributed by atoms with Crippen molar-refractivity contribution in [2.45, 2.75) is 25.4 Å². The minimum absolute atomic E-state index is 0.329. The third kappa shape index (κ3) is 3.37. The van der Waals surface area contributed by atoms with Gasteiger partial charge < -0.3 is 14.6 Å². The molecule has 0 spiro atoms. The Hall–Kier alpha value is -2.00. The van der Waals surface area contributed by atoms with Crippen molar-refractivity contribution in [3.05, 3.63) is 59.7 Å². The summed E-state index contributed by atoms with van der Waals surface area (Å²) in [5, 5.41) is 9.87. The molecule has 0 saturated heterocycles. The van der Waals surface area contributed by atoms with Crippen molar-refractivity contribution in [3.63, 3.8) is 0 Å². The van der Waals surface area contributed by atoms with Crippen LogP contribution in [-0.2, 0) is 6.42 Å². The van der Waals surface area contributed by atoms with Crippen molar-refractivity contribution in [2.24, 2.45) is 0 Å². The van der Waals surface area contributed by atoms with Crippen LogP contribution in [0.1, 0.15) is 30.1 Å². The fraction of sp³-hybridized carbons (Fsp3) is 0.333. The molecule has 0 bridgehead atoms. The van der Waals surface area contributed by atoms with E-state index >= 15 is 0 Å². The van der Waals surface area contributed by atoms with Gasteiger partial charge in [-0.25, -0.2) is 0 Å². The number of hydrogen-bond donors (Lipinski definition) is 1. The number of aliphatic hydroxyl groups is 1. The molecule has 1 aliphatic rings. The minimum Gasteiger partial charge on any atom is -0.493 e. The molecule has 0 saturated carbocycles. The van der Waals surface area contributed by atoms with Crippen LogP contribution in [0.3, 0.4) is 0 Å². The summed E-state index contributed by atoms with van der Waals surface area (Å²) in [4.78, 5) is 0. The van der Waals surface area contributed by atoms with Gasteiger partial charge in [-0.15, -0.1) is 0 Å². The van der Waals surface area contributed by atoms with E-state index in [1.54, 1.807) is 0 Å². The fourth-order valence-electron chi connectivity index (χ4n) is 2.68. The molecule has 0 amide bonds. The standard InChI is InChI=1S/C18H20O3/c19-17-11-10-16-15(17)8-4-9-18(16)21-13-5-12-20-14-6-2-1-3-7-14/h1-4,6-9,17,19H,5,10-13H2. The van der Waals surface area contributed by atoms with Crippen LogP contribution in [0.5, 0.6) is 11.5 Å². The van der Waals surface area contributed by atoms with Gasteiger partial charge in [0, 0.05) is 12.0 Å². The van der Waals surface area contributed by atoms with Crippen LogP contribution in [0.15, 0.2) is 48.5 Å². The second kappa shape index (κ2) is 6.64. The zero-order chi connectivity index (χ0) is 14.5. The van der Waals surface area contributed by atoms with Crippen molar-refractivity contribution in [3.8, 4) is 11.5 Å². The van der Waals surface area contributed by atoms with Crippen LogP contribution < -0.4 is 9.47 Å². The molecule has 1 unspecified atom stereocenters. The molecule has 0 aromatic heterocycles. The van der Waals surface area contributed by atoms with E-state index < -0.39 is 0 Å². The molecule has 1 N–H and O–H groups in total. The largest absolute Gasteiger partial charge is 0.493 e. The molecule has 110 valence electrons. The Morgan fingerprint density at radius 2 is 1.76 bits per heavy atom. The normalized spacial score (nSPS) is 16.5. The molecular weight excluding hydrogens is 264 g/mol. The average molecular weight is 284 g/mol. The number of fused-ring (bicyclic) bond motifs is 1. The topological polar surface area (TPSA) is 38.7 Å². The van der Waals surface area contributed by atoms with E-state index in [9.17, 15) is 5.11 Å². The van der Waals surface area contributed by atoms with Crippen LogP contribution in [0.25, 0.3) is 0 Å². The molecule has 2 aromatic rings. The van der Waals surface area contributed by atoms with Crippen molar-refractivity contribution in [1.29, 1.82) is 0 Å². The molecule has 21 heavy (non-hydrogen) atoms. The zero-order valence-electron chi connectivity index (χ0n) is 12.0. The van der Waals surface area contributed by atoms with Gasteiger partial charge in [0.05, 0.1) is 19.3 Å². The molecule has 1 aliphatic carbocycles. The highest BCUT2D eigenvalue weighted by Crippen LogP contribution is 2.36. The lowest BCUT2D eigenvalue weighted by atomic mass is 10.1. The molecule has 3 nitrogen and oxygen atoms in total. The third-order valence-corrected chi connectivity index (χ3v) is 3.75. The van der Waals surface area contributed by atoms with Gasteiger partial charge in [0.1, 0.15) is 11.5 Å². The van der Waals surface area contributed by atoms with Crippen LogP contribution in [0, 0.1) is 0 Å². The summed E-state index contributed by atoms with van der Waals surface area (Å²) >= 11 is 0. The molecule has 0 radical (unpaired) electrons. The molecule has 2 aromatic carbocycles. The predicted octanol–water partition coefficient (Wildman–Crippen LogP) is 3.51.